The Morgan fingerprint density at radius 1 is 1.12 bits per heavy atom. The fraction of sp³-hybridized carbons (Fsp3) is 0.182. The average Bonchev–Trinajstić information content (AvgIpc) is 2.66. The lowest BCUT2D eigenvalue weighted by Gasteiger charge is -2.11. The Bertz CT molecular complexity index is 914. The van der Waals surface area contributed by atoms with E-state index < -0.39 is 0 Å². The number of benzene rings is 2. The van der Waals surface area contributed by atoms with Crippen LogP contribution in [0, 0.1) is 0 Å². The molecule has 0 atom stereocenters. The lowest BCUT2D eigenvalue weighted by Crippen LogP contribution is -2.20. The topological polar surface area (TPSA) is 45.2 Å². The molecule has 1 heterocycles. The molecular weight excluding hydrogens is 322 g/mol. The highest BCUT2D eigenvalue weighted by Gasteiger charge is 2.04. The van der Waals surface area contributed by atoms with Crippen LogP contribution in [0.1, 0.15) is 15.9 Å². The van der Waals surface area contributed by atoms with Gasteiger partial charge in [-0.1, -0.05) is 36.4 Å². The molecule has 3 aromatic rings. The molecule has 132 valence electrons. The van der Waals surface area contributed by atoms with Gasteiger partial charge in [-0.15, -0.1) is 0 Å². The van der Waals surface area contributed by atoms with E-state index in [1.807, 2.05) is 60.7 Å². The van der Waals surface area contributed by atoms with Gasteiger partial charge < -0.3 is 10.2 Å². The van der Waals surface area contributed by atoms with Crippen molar-refractivity contribution in [2.75, 3.05) is 32.5 Å². The molecule has 4 nitrogen and oxygen atoms in total. The van der Waals surface area contributed by atoms with Crippen molar-refractivity contribution in [2.24, 2.45) is 0 Å². The molecule has 0 unspecified atom stereocenters. The Morgan fingerprint density at radius 3 is 2.65 bits per heavy atom. The number of hydrogen-bond donors (Lipinski definition) is 1. The van der Waals surface area contributed by atoms with E-state index in [9.17, 15) is 4.79 Å². The van der Waals surface area contributed by atoms with Gasteiger partial charge in [0.2, 0.25) is 0 Å². The summed E-state index contributed by atoms with van der Waals surface area (Å²) in [5.74, 6) is -0.0450. The van der Waals surface area contributed by atoms with E-state index in [0.29, 0.717) is 5.56 Å². The summed E-state index contributed by atoms with van der Waals surface area (Å²) in [4.78, 5) is 18.9. The van der Waals surface area contributed by atoms with Crippen LogP contribution in [0.4, 0.5) is 5.69 Å². The van der Waals surface area contributed by atoms with Crippen molar-refractivity contribution in [2.45, 2.75) is 0 Å². The zero-order valence-corrected chi connectivity index (χ0v) is 15.1. The highest BCUT2D eigenvalue weighted by molar-refractivity contribution is 6.08. The van der Waals surface area contributed by atoms with Crippen molar-refractivity contribution in [3.05, 3.63) is 78.0 Å². The zero-order chi connectivity index (χ0) is 18.4. The van der Waals surface area contributed by atoms with Crippen LogP contribution in [0.25, 0.3) is 17.0 Å². The number of anilines is 1. The number of carbonyl (C=O) groups excluding carboxylic acids is 1. The van der Waals surface area contributed by atoms with Gasteiger partial charge >= 0.3 is 0 Å². The smallest absolute Gasteiger partial charge is 0.187 e. The monoisotopic (exact) mass is 345 g/mol. The van der Waals surface area contributed by atoms with E-state index in [1.165, 1.54) is 0 Å². The summed E-state index contributed by atoms with van der Waals surface area (Å²) >= 11 is 0. The first-order valence-electron chi connectivity index (χ1n) is 8.68. The van der Waals surface area contributed by atoms with E-state index in [1.54, 1.807) is 12.3 Å². The van der Waals surface area contributed by atoms with E-state index in [4.69, 9.17) is 0 Å². The van der Waals surface area contributed by atoms with Gasteiger partial charge in [0.05, 0.1) is 5.52 Å². The third-order valence-corrected chi connectivity index (χ3v) is 4.10. The summed E-state index contributed by atoms with van der Waals surface area (Å²) in [6.07, 6.45) is 5.06. The van der Waals surface area contributed by atoms with E-state index >= 15 is 0 Å². The fourth-order valence-electron chi connectivity index (χ4n) is 2.61. The van der Waals surface area contributed by atoms with Gasteiger partial charge in [0.15, 0.2) is 5.78 Å². The van der Waals surface area contributed by atoms with E-state index in [2.05, 4.69) is 29.3 Å². The van der Waals surface area contributed by atoms with Crippen LogP contribution in [-0.4, -0.2) is 42.9 Å². The highest BCUT2D eigenvalue weighted by Crippen LogP contribution is 2.15. The summed E-state index contributed by atoms with van der Waals surface area (Å²) in [6.45, 7) is 1.88. The predicted molar refractivity (Wildman–Crippen MR) is 109 cm³/mol. The summed E-state index contributed by atoms with van der Waals surface area (Å²) < 4.78 is 0. The van der Waals surface area contributed by atoms with Crippen LogP contribution in [0.15, 0.2) is 66.9 Å². The van der Waals surface area contributed by atoms with E-state index in [-0.39, 0.29) is 5.78 Å². The largest absolute Gasteiger partial charge is 0.384 e. The van der Waals surface area contributed by atoms with Gasteiger partial charge in [-0.05, 0) is 50.0 Å². The lowest BCUT2D eigenvalue weighted by molar-refractivity contribution is 0.104. The molecule has 0 saturated carbocycles. The van der Waals surface area contributed by atoms with Gasteiger partial charge in [-0.2, -0.15) is 0 Å². The molecule has 0 fully saturated rings. The van der Waals surface area contributed by atoms with Crippen molar-refractivity contribution < 1.29 is 4.79 Å². The van der Waals surface area contributed by atoms with Crippen molar-refractivity contribution in [3.63, 3.8) is 0 Å². The third kappa shape index (κ3) is 4.77. The van der Waals surface area contributed by atoms with Crippen molar-refractivity contribution in [3.8, 4) is 0 Å². The van der Waals surface area contributed by atoms with Crippen LogP contribution < -0.4 is 5.32 Å². The molecule has 0 bridgehead atoms. The summed E-state index contributed by atoms with van der Waals surface area (Å²) in [6, 6.07) is 17.7. The number of aromatic nitrogens is 1. The number of nitrogens with zero attached hydrogens (tertiary/aromatic N) is 2. The Balaban J connectivity index is 1.63. The maximum Gasteiger partial charge on any atom is 0.187 e. The number of para-hydroxylation sites is 1. The molecule has 3 rings (SSSR count). The number of carbonyl (C=O) groups is 1. The number of fused-ring (bicyclic) bond motifs is 1. The number of nitrogens with one attached hydrogen (secondary N) is 1. The molecule has 26 heavy (non-hydrogen) atoms. The molecule has 0 aliphatic heterocycles. The fourth-order valence-corrected chi connectivity index (χ4v) is 2.61. The van der Waals surface area contributed by atoms with Crippen LogP contribution >= 0.6 is 0 Å². The Hall–Kier alpha value is -2.98. The molecular formula is C22H23N3O. The van der Waals surface area contributed by atoms with Gasteiger partial charge in [-0.25, -0.2) is 0 Å². The molecule has 0 spiro atoms. The SMILES string of the molecule is CN(C)CCNc1ccc(/C=C/C(=O)c2cnc3ccccc3c2)cc1. The molecule has 0 amide bonds. The van der Waals surface area contributed by atoms with Crippen LogP contribution in [-0.2, 0) is 0 Å². The van der Waals surface area contributed by atoms with Gasteiger partial charge in [0, 0.05) is 35.9 Å². The summed E-state index contributed by atoms with van der Waals surface area (Å²) in [7, 11) is 4.11. The van der Waals surface area contributed by atoms with Crippen LogP contribution in [0.5, 0.6) is 0 Å². The Morgan fingerprint density at radius 2 is 1.88 bits per heavy atom. The Labute approximate surface area is 154 Å². The standard InChI is InChI=1S/C22H23N3O/c1-25(2)14-13-23-20-10-7-17(8-11-20)9-12-22(26)19-15-18-5-3-4-6-21(18)24-16-19/h3-12,15-16,23H,13-14H2,1-2H3/b12-9+. The normalized spacial score (nSPS) is 11.3. The molecule has 1 N–H and O–H groups in total. The van der Waals surface area contributed by atoms with Crippen molar-refractivity contribution >= 4 is 28.4 Å². The molecule has 0 aliphatic carbocycles. The molecule has 0 aliphatic rings. The molecule has 4 heteroatoms. The number of hydrogen-bond acceptors (Lipinski definition) is 4. The number of ketones is 1. The third-order valence-electron chi connectivity index (χ3n) is 4.10. The zero-order valence-electron chi connectivity index (χ0n) is 15.1. The van der Waals surface area contributed by atoms with Gasteiger partial charge in [0.1, 0.15) is 0 Å². The number of allylic oxidation sites excluding steroid dienone is 1. The van der Waals surface area contributed by atoms with Gasteiger partial charge in [0.25, 0.3) is 0 Å². The number of likely N-dealkylation sites (N-methyl/N-ethyl adjacent to an activating group) is 1. The quantitative estimate of drug-likeness (QED) is 0.517. The first-order chi connectivity index (χ1) is 12.6. The second-order valence-corrected chi connectivity index (χ2v) is 6.47. The van der Waals surface area contributed by atoms with Crippen molar-refractivity contribution in [1.29, 1.82) is 0 Å². The lowest BCUT2D eigenvalue weighted by atomic mass is 10.1. The number of rotatable bonds is 7. The second kappa shape index (κ2) is 8.41. The van der Waals surface area contributed by atoms with Crippen molar-refractivity contribution in [1.82, 2.24) is 9.88 Å². The summed E-state index contributed by atoms with van der Waals surface area (Å²) in [5.41, 5.74) is 3.56. The maximum absolute atomic E-state index is 12.4. The van der Waals surface area contributed by atoms with Crippen LogP contribution in [0.2, 0.25) is 0 Å². The maximum atomic E-state index is 12.4. The van der Waals surface area contributed by atoms with Gasteiger partial charge in [-0.3, -0.25) is 9.78 Å². The van der Waals surface area contributed by atoms with E-state index in [0.717, 1.165) is 35.2 Å². The predicted octanol–water partition coefficient (Wildman–Crippen LogP) is 4.10. The minimum Gasteiger partial charge on any atom is -0.384 e. The molecule has 0 saturated heterocycles. The molecule has 0 radical (unpaired) electrons. The molecule has 2 aromatic carbocycles. The highest BCUT2D eigenvalue weighted by atomic mass is 16.1. The van der Waals surface area contributed by atoms with Crippen LogP contribution in [0.3, 0.4) is 0 Å². The summed E-state index contributed by atoms with van der Waals surface area (Å²) in [5, 5.41) is 4.34. The minimum atomic E-state index is -0.0450. The minimum absolute atomic E-state index is 0.0450. The average molecular weight is 345 g/mol. The first kappa shape index (κ1) is 17.8. The second-order valence-electron chi connectivity index (χ2n) is 6.47. The number of pyridine rings is 1. The first-order valence-corrected chi connectivity index (χ1v) is 8.68. The Kier molecular flexibility index (Phi) is 5.77. The molecule has 1 aromatic heterocycles.